The molecule has 0 aromatic rings. The highest BCUT2D eigenvalue weighted by molar-refractivity contribution is 5.85. The summed E-state index contributed by atoms with van der Waals surface area (Å²) in [5.74, 6) is -1.02. The van der Waals surface area contributed by atoms with E-state index in [9.17, 15) is 14.7 Å². The van der Waals surface area contributed by atoms with E-state index in [-0.39, 0.29) is 5.60 Å². The second kappa shape index (κ2) is 6.23. The molecular weight excluding hydrogens is 248 g/mol. The van der Waals surface area contributed by atoms with Crippen molar-refractivity contribution in [2.45, 2.75) is 57.1 Å². The summed E-state index contributed by atoms with van der Waals surface area (Å²) in [6, 6.07) is -0.457. The molecule has 110 valence electrons. The molecule has 1 fully saturated rings. The molecule has 6 nitrogen and oxygen atoms in total. The predicted octanol–water partition coefficient (Wildman–Crippen LogP) is 1.50. The van der Waals surface area contributed by atoms with Gasteiger partial charge < -0.3 is 20.5 Å². The van der Waals surface area contributed by atoms with Crippen LogP contribution in [0.1, 0.15) is 46.0 Å². The third kappa shape index (κ3) is 3.83. The molecule has 1 aliphatic rings. The fourth-order valence-corrected chi connectivity index (χ4v) is 2.28. The molecule has 0 aliphatic heterocycles. The highest BCUT2D eigenvalue weighted by Gasteiger charge is 2.38. The Morgan fingerprint density at radius 2 is 2.05 bits per heavy atom. The van der Waals surface area contributed by atoms with Crippen molar-refractivity contribution in [3.8, 4) is 0 Å². The summed E-state index contributed by atoms with van der Waals surface area (Å²) in [5, 5.41) is 14.4. The van der Waals surface area contributed by atoms with Crippen molar-refractivity contribution < 1.29 is 19.4 Å². The Bertz CT molecular complexity index is 336. The molecule has 1 unspecified atom stereocenters. The smallest absolute Gasteiger partial charge is 0.329 e. The maximum atomic E-state index is 11.8. The van der Waals surface area contributed by atoms with E-state index >= 15 is 0 Å². The molecule has 0 spiro atoms. The Balaban J connectivity index is 2.47. The first kappa shape index (κ1) is 15.8. The highest BCUT2D eigenvalue weighted by Crippen LogP contribution is 2.34. The van der Waals surface area contributed by atoms with Crippen molar-refractivity contribution in [2.24, 2.45) is 0 Å². The van der Waals surface area contributed by atoms with Crippen LogP contribution in [0.15, 0.2) is 0 Å². The number of carboxylic acids is 1. The number of carbonyl (C=O) groups is 2. The van der Waals surface area contributed by atoms with Gasteiger partial charge in [-0.15, -0.1) is 0 Å². The standard InChI is InChI=1S/C13H24N2O4/c1-4-6-12(2,10(16)17)15-11(18)14-9-13(19-3)7-5-8-13/h4-9H2,1-3H3,(H,16,17)(H2,14,15,18). The quantitative estimate of drug-likeness (QED) is 0.655. The molecular formula is C13H24N2O4. The minimum absolute atomic E-state index is 0.262. The predicted molar refractivity (Wildman–Crippen MR) is 71.1 cm³/mol. The minimum atomic E-state index is -1.22. The third-order valence-electron chi connectivity index (χ3n) is 3.88. The second-order valence-corrected chi connectivity index (χ2v) is 5.44. The topological polar surface area (TPSA) is 87.7 Å². The number of nitrogens with one attached hydrogen (secondary N) is 2. The first-order valence-electron chi connectivity index (χ1n) is 6.72. The molecule has 19 heavy (non-hydrogen) atoms. The largest absolute Gasteiger partial charge is 0.480 e. The van der Waals surface area contributed by atoms with Gasteiger partial charge in [0.25, 0.3) is 0 Å². The van der Waals surface area contributed by atoms with Gasteiger partial charge in [-0.05, 0) is 32.6 Å². The molecule has 0 saturated heterocycles. The van der Waals surface area contributed by atoms with Gasteiger partial charge in [0.15, 0.2) is 0 Å². The highest BCUT2D eigenvalue weighted by atomic mass is 16.5. The molecule has 0 bridgehead atoms. The van der Waals surface area contributed by atoms with Crippen molar-refractivity contribution in [1.82, 2.24) is 10.6 Å². The lowest BCUT2D eigenvalue weighted by Gasteiger charge is -2.40. The average molecular weight is 272 g/mol. The molecule has 0 aromatic heterocycles. The van der Waals surface area contributed by atoms with Gasteiger partial charge in [-0.1, -0.05) is 13.3 Å². The molecule has 1 rings (SSSR count). The zero-order valence-corrected chi connectivity index (χ0v) is 11.9. The van der Waals surface area contributed by atoms with Gasteiger partial charge in [0.1, 0.15) is 5.54 Å². The Morgan fingerprint density at radius 1 is 1.42 bits per heavy atom. The Hall–Kier alpha value is -1.30. The van der Waals surface area contributed by atoms with Gasteiger partial charge in [0.05, 0.1) is 5.60 Å². The summed E-state index contributed by atoms with van der Waals surface area (Å²) in [5.41, 5.74) is -1.49. The third-order valence-corrected chi connectivity index (χ3v) is 3.88. The summed E-state index contributed by atoms with van der Waals surface area (Å²) in [7, 11) is 1.64. The lowest BCUT2D eigenvalue weighted by atomic mass is 9.80. The lowest BCUT2D eigenvalue weighted by molar-refractivity contribution is -0.144. The van der Waals surface area contributed by atoms with Crippen molar-refractivity contribution in [1.29, 1.82) is 0 Å². The summed E-state index contributed by atoms with van der Waals surface area (Å²) in [6.07, 6.45) is 4.03. The van der Waals surface area contributed by atoms with E-state index in [0.29, 0.717) is 19.4 Å². The molecule has 0 heterocycles. The van der Waals surface area contributed by atoms with Crippen LogP contribution in [0, 0.1) is 0 Å². The number of ether oxygens (including phenoxy) is 1. The van der Waals surface area contributed by atoms with E-state index in [1.807, 2.05) is 6.92 Å². The van der Waals surface area contributed by atoms with E-state index in [2.05, 4.69) is 10.6 Å². The fourth-order valence-electron chi connectivity index (χ4n) is 2.28. The monoisotopic (exact) mass is 272 g/mol. The maximum Gasteiger partial charge on any atom is 0.329 e. The fraction of sp³-hybridized carbons (Fsp3) is 0.846. The first-order valence-corrected chi connectivity index (χ1v) is 6.72. The van der Waals surface area contributed by atoms with Gasteiger partial charge in [-0.25, -0.2) is 9.59 Å². The van der Waals surface area contributed by atoms with Gasteiger partial charge >= 0.3 is 12.0 Å². The summed E-state index contributed by atoms with van der Waals surface area (Å²) >= 11 is 0. The number of carbonyl (C=O) groups excluding carboxylic acids is 1. The van der Waals surface area contributed by atoms with E-state index in [0.717, 1.165) is 19.3 Å². The molecule has 6 heteroatoms. The first-order chi connectivity index (χ1) is 8.87. The lowest BCUT2D eigenvalue weighted by Crippen LogP contribution is -2.58. The number of carboxylic acid groups (broad SMARTS) is 1. The SMILES string of the molecule is CCCC(C)(NC(=O)NCC1(OC)CCC1)C(=O)O. The molecule has 1 aliphatic carbocycles. The van der Waals surface area contributed by atoms with Gasteiger partial charge in [0.2, 0.25) is 0 Å². The Kier molecular flexibility index (Phi) is 5.17. The van der Waals surface area contributed by atoms with Crippen molar-refractivity contribution in [2.75, 3.05) is 13.7 Å². The number of methoxy groups -OCH3 is 1. The van der Waals surface area contributed by atoms with Gasteiger partial charge in [-0.2, -0.15) is 0 Å². The summed E-state index contributed by atoms with van der Waals surface area (Å²) in [6.45, 7) is 3.82. The summed E-state index contributed by atoms with van der Waals surface area (Å²) < 4.78 is 5.39. The number of urea groups is 1. The average Bonchev–Trinajstić information content (AvgIpc) is 2.28. The number of aliphatic carboxylic acids is 1. The number of hydrogen-bond donors (Lipinski definition) is 3. The van der Waals surface area contributed by atoms with Crippen LogP contribution in [0.3, 0.4) is 0 Å². The molecule has 0 radical (unpaired) electrons. The van der Waals surface area contributed by atoms with Crippen LogP contribution in [0.25, 0.3) is 0 Å². The Morgan fingerprint density at radius 3 is 2.42 bits per heavy atom. The minimum Gasteiger partial charge on any atom is -0.480 e. The van der Waals surface area contributed by atoms with E-state index in [1.54, 1.807) is 7.11 Å². The summed E-state index contributed by atoms with van der Waals surface area (Å²) in [4.78, 5) is 23.0. The van der Waals surface area contributed by atoms with Crippen LogP contribution in [0.5, 0.6) is 0 Å². The second-order valence-electron chi connectivity index (χ2n) is 5.44. The molecule has 3 N–H and O–H groups in total. The van der Waals surface area contributed by atoms with Crippen molar-refractivity contribution in [3.63, 3.8) is 0 Å². The van der Waals surface area contributed by atoms with Gasteiger partial charge in [-0.3, -0.25) is 0 Å². The number of rotatable bonds is 7. The zero-order valence-electron chi connectivity index (χ0n) is 11.9. The number of amides is 2. The van der Waals surface area contributed by atoms with Crippen LogP contribution in [-0.2, 0) is 9.53 Å². The van der Waals surface area contributed by atoms with Crippen LogP contribution in [0.2, 0.25) is 0 Å². The normalized spacial score (nSPS) is 19.9. The van der Waals surface area contributed by atoms with Crippen LogP contribution < -0.4 is 10.6 Å². The zero-order chi connectivity index (χ0) is 14.5. The van der Waals surface area contributed by atoms with Crippen LogP contribution in [0.4, 0.5) is 4.79 Å². The van der Waals surface area contributed by atoms with E-state index in [4.69, 9.17) is 4.74 Å². The van der Waals surface area contributed by atoms with Gasteiger partial charge in [0, 0.05) is 13.7 Å². The van der Waals surface area contributed by atoms with Crippen LogP contribution in [-0.4, -0.2) is 41.9 Å². The number of hydrogen-bond acceptors (Lipinski definition) is 3. The van der Waals surface area contributed by atoms with E-state index in [1.165, 1.54) is 6.92 Å². The van der Waals surface area contributed by atoms with Crippen molar-refractivity contribution in [3.05, 3.63) is 0 Å². The van der Waals surface area contributed by atoms with Crippen LogP contribution >= 0.6 is 0 Å². The molecule has 2 amide bonds. The van der Waals surface area contributed by atoms with E-state index < -0.39 is 17.5 Å². The molecule has 1 atom stereocenters. The molecule has 1 saturated carbocycles. The van der Waals surface area contributed by atoms with Crippen molar-refractivity contribution >= 4 is 12.0 Å². The molecule has 0 aromatic carbocycles. The maximum absolute atomic E-state index is 11.8. The Labute approximate surface area is 113 Å².